The number of likely N-dealkylation sites (tertiary alicyclic amines) is 1. The van der Waals surface area contributed by atoms with Gasteiger partial charge in [0.25, 0.3) is 0 Å². The maximum atomic E-state index is 12.9. The zero-order chi connectivity index (χ0) is 25.8. The number of imide groups is 1. The Morgan fingerprint density at radius 2 is 1.92 bits per heavy atom. The summed E-state index contributed by atoms with van der Waals surface area (Å²) in [5, 5.41) is 31.0. The van der Waals surface area contributed by atoms with Gasteiger partial charge in [-0.05, 0) is 59.8 Å². The number of ether oxygens (including phenoxy) is 1. The van der Waals surface area contributed by atoms with Gasteiger partial charge < -0.3 is 24.5 Å². The Kier molecular flexibility index (Phi) is 8.21. The van der Waals surface area contributed by atoms with Crippen molar-refractivity contribution < 1.29 is 34.1 Å². The number of allylic oxidation sites excluding steroid dienone is 1. The van der Waals surface area contributed by atoms with E-state index < -0.39 is 23.9 Å². The molecule has 0 spiro atoms. The number of rotatable bonds is 10. The maximum Gasteiger partial charge on any atom is 0.233 e. The summed E-state index contributed by atoms with van der Waals surface area (Å²) in [5.74, 6) is -1.37. The van der Waals surface area contributed by atoms with Crippen molar-refractivity contribution >= 4 is 23.5 Å². The van der Waals surface area contributed by atoms with E-state index in [1.54, 1.807) is 19.2 Å². The van der Waals surface area contributed by atoms with E-state index in [0.717, 1.165) is 21.6 Å². The fourth-order valence-corrected chi connectivity index (χ4v) is 5.55. The van der Waals surface area contributed by atoms with Gasteiger partial charge in [0.1, 0.15) is 18.1 Å². The van der Waals surface area contributed by atoms with Crippen LogP contribution in [-0.4, -0.2) is 65.5 Å². The van der Waals surface area contributed by atoms with Crippen LogP contribution in [0.5, 0.6) is 0 Å². The van der Waals surface area contributed by atoms with Crippen LogP contribution in [0.25, 0.3) is 11.6 Å². The van der Waals surface area contributed by atoms with E-state index in [4.69, 9.17) is 9.15 Å². The fourth-order valence-electron chi connectivity index (χ4n) is 5.55. The molecule has 2 aromatic rings. The molecule has 3 N–H and O–H groups in total. The third kappa shape index (κ3) is 5.08. The number of carbonyl (C=O) groups is 2. The van der Waals surface area contributed by atoms with E-state index in [1.807, 2.05) is 36.4 Å². The second-order valence-corrected chi connectivity index (χ2v) is 9.41. The molecule has 4 rings (SSSR count). The normalized spacial score (nSPS) is 23.4. The van der Waals surface area contributed by atoms with Gasteiger partial charge in [0, 0.05) is 20.1 Å². The average molecular weight is 496 g/mol. The van der Waals surface area contributed by atoms with Gasteiger partial charge in [-0.25, -0.2) is 0 Å². The van der Waals surface area contributed by atoms with Gasteiger partial charge >= 0.3 is 0 Å². The summed E-state index contributed by atoms with van der Waals surface area (Å²) < 4.78 is 11.0. The summed E-state index contributed by atoms with van der Waals surface area (Å²) in [7, 11) is 3.02. The zero-order valence-electron chi connectivity index (χ0n) is 20.6. The zero-order valence-corrected chi connectivity index (χ0v) is 20.6. The molecule has 36 heavy (non-hydrogen) atoms. The maximum absolute atomic E-state index is 12.9. The van der Waals surface area contributed by atoms with Crippen LogP contribution in [0.15, 0.2) is 58.0 Å². The molecule has 1 aliphatic carbocycles. The molecular formula is C28H33NO7. The lowest BCUT2D eigenvalue weighted by molar-refractivity contribution is -0.138. The molecule has 0 bridgehead atoms. The molecule has 192 valence electrons. The van der Waals surface area contributed by atoms with Gasteiger partial charge in [-0.2, -0.15) is 0 Å². The first-order valence-corrected chi connectivity index (χ1v) is 12.2. The standard InChI is InChI=1S/C28H33NO7/c1-29-27(33)22-13-19(16-35-2)25(23(15-31)26(22)28(29)34)24(32)11-8-18(17-6-4-3-5-7-17)12-20-9-10-21(14-30)36-20/h3-7,9-10,12,22-24,26,30-32H,8,11,13-16H2,1-2H3/b18-12-/t22-,23+,24-,26-/m1/s1. The second-order valence-electron chi connectivity index (χ2n) is 9.41. The molecule has 8 heteroatoms. The van der Waals surface area contributed by atoms with Crippen molar-refractivity contribution in [2.24, 2.45) is 17.8 Å². The second kappa shape index (κ2) is 11.3. The third-order valence-electron chi connectivity index (χ3n) is 7.27. The van der Waals surface area contributed by atoms with E-state index in [1.165, 1.54) is 7.05 Å². The predicted molar refractivity (Wildman–Crippen MR) is 133 cm³/mol. The number of aliphatic hydroxyl groups excluding tert-OH is 3. The number of nitrogens with zero attached hydrogens (tertiary/aromatic N) is 1. The van der Waals surface area contributed by atoms with Crippen LogP contribution in [0.3, 0.4) is 0 Å². The molecule has 1 saturated heterocycles. The molecule has 2 heterocycles. The Labute approximate surface area is 210 Å². The van der Waals surface area contributed by atoms with E-state index >= 15 is 0 Å². The highest BCUT2D eigenvalue weighted by molar-refractivity contribution is 6.05. The molecule has 4 atom stereocenters. The monoisotopic (exact) mass is 495 g/mol. The minimum Gasteiger partial charge on any atom is -0.459 e. The number of carbonyl (C=O) groups excluding carboxylic acids is 2. The predicted octanol–water partition coefficient (Wildman–Crippen LogP) is 2.64. The lowest BCUT2D eigenvalue weighted by atomic mass is 9.68. The summed E-state index contributed by atoms with van der Waals surface area (Å²) in [6, 6.07) is 13.2. The minimum atomic E-state index is -0.932. The largest absolute Gasteiger partial charge is 0.459 e. The van der Waals surface area contributed by atoms with Gasteiger partial charge in [0.15, 0.2) is 0 Å². The van der Waals surface area contributed by atoms with Crippen LogP contribution in [-0.2, 0) is 20.9 Å². The molecule has 0 unspecified atom stereocenters. The summed E-state index contributed by atoms with van der Waals surface area (Å²) in [5.41, 5.74) is 3.28. The number of aliphatic hydroxyl groups is 3. The van der Waals surface area contributed by atoms with E-state index in [-0.39, 0.29) is 31.6 Å². The van der Waals surface area contributed by atoms with Gasteiger partial charge in [0.05, 0.1) is 31.2 Å². The third-order valence-corrected chi connectivity index (χ3v) is 7.27. The molecule has 0 radical (unpaired) electrons. The Morgan fingerprint density at radius 1 is 1.17 bits per heavy atom. The summed E-state index contributed by atoms with van der Waals surface area (Å²) in [6.07, 6.45) is 2.11. The van der Waals surface area contributed by atoms with Crippen LogP contribution in [0.2, 0.25) is 0 Å². The Balaban J connectivity index is 1.62. The van der Waals surface area contributed by atoms with Gasteiger partial charge in [-0.1, -0.05) is 30.3 Å². The fraction of sp³-hybridized carbons (Fsp3) is 0.429. The summed E-state index contributed by atoms with van der Waals surface area (Å²) >= 11 is 0. The van der Waals surface area contributed by atoms with Crippen molar-refractivity contribution in [1.82, 2.24) is 4.90 Å². The van der Waals surface area contributed by atoms with Crippen LogP contribution in [0.1, 0.15) is 36.3 Å². The van der Waals surface area contributed by atoms with Crippen molar-refractivity contribution in [1.29, 1.82) is 0 Å². The van der Waals surface area contributed by atoms with Crippen molar-refractivity contribution in [3.63, 3.8) is 0 Å². The molecule has 2 amide bonds. The highest BCUT2D eigenvalue weighted by Crippen LogP contribution is 2.46. The lowest BCUT2D eigenvalue weighted by Crippen LogP contribution is -2.39. The molecule has 1 fully saturated rings. The number of furan rings is 1. The van der Waals surface area contributed by atoms with Crippen LogP contribution < -0.4 is 0 Å². The smallest absolute Gasteiger partial charge is 0.233 e. The van der Waals surface area contributed by atoms with Crippen LogP contribution >= 0.6 is 0 Å². The number of hydrogen-bond donors (Lipinski definition) is 3. The first kappa shape index (κ1) is 26.0. The number of fused-ring (bicyclic) bond motifs is 1. The Hall–Kier alpha value is -3.04. The Bertz CT molecular complexity index is 1150. The van der Waals surface area contributed by atoms with E-state index in [2.05, 4.69) is 0 Å². The highest BCUT2D eigenvalue weighted by atomic mass is 16.5. The highest BCUT2D eigenvalue weighted by Gasteiger charge is 2.53. The molecule has 1 aromatic heterocycles. The van der Waals surface area contributed by atoms with Gasteiger partial charge in [0.2, 0.25) is 11.8 Å². The molecule has 1 aliphatic heterocycles. The topological polar surface area (TPSA) is 120 Å². The van der Waals surface area contributed by atoms with Gasteiger partial charge in [-0.3, -0.25) is 14.5 Å². The number of hydrogen-bond acceptors (Lipinski definition) is 7. The lowest BCUT2D eigenvalue weighted by Gasteiger charge is -2.36. The van der Waals surface area contributed by atoms with Crippen LogP contribution in [0, 0.1) is 17.8 Å². The quantitative estimate of drug-likeness (QED) is 0.342. The van der Waals surface area contributed by atoms with Crippen molar-refractivity contribution in [2.75, 3.05) is 27.4 Å². The molecule has 1 aromatic carbocycles. The molecule has 0 saturated carbocycles. The number of benzene rings is 1. The first-order valence-electron chi connectivity index (χ1n) is 12.2. The molecule has 2 aliphatic rings. The van der Waals surface area contributed by atoms with Crippen molar-refractivity contribution in [2.45, 2.75) is 32.0 Å². The van der Waals surface area contributed by atoms with E-state index in [0.29, 0.717) is 36.4 Å². The van der Waals surface area contributed by atoms with Crippen molar-refractivity contribution in [3.05, 3.63) is 70.7 Å². The molecule has 8 nitrogen and oxygen atoms in total. The Morgan fingerprint density at radius 3 is 2.56 bits per heavy atom. The minimum absolute atomic E-state index is 0.190. The summed E-state index contributed by atoms with van der Waals surface area (Å²) in [6.45, 7) is -0.314. The first-order chi connectivity index (χ1) is 17.4. The number of methoxy groups -OCH3 is 1. The van der Waals surface area contributed by atoms with Gasteiger partial charge in [-0.15, -0.1) is 0 Å². The number of amides is 2. The van der Waals surface area contributed by atoms with Crippen LogP contribution in [0.4, 0.5) is 0 Å². The summed E-state index contributed by atoms with van der Waals surface area (Å²) in [4.78, 5) is 26.7. The SMILES string of the molecule is COCC1=C([C@H](O)CC/C(=C/c2ccc(CO)o2)c2ccccc2)[C@H](CO)[C@@H]2C(=O)N(C)C(=O)[C@@H]2C1. The van der Waals surface area contributed by atoms with E-state index in [9.17, 15) is 24.9 Å². The molecular weight excluding hydrogens is 462 g/mol. The average Bonchev–Trinajstić information content (AvgIpc) is 3.44. The van der Waals surface area contributed by atoms with Crippen molar-refractivity contribution in [3.8, 4) is 0 Å².